The summed E-state index contributed by atoms with van der Waals surface area (Å²) in [6.45, 7) is 5.67. The maximum absolute atomic E-state index is 5.50. The van der Waals surface area contributed by atoms with Crippen LogP contribution in [0.25, 0.3) is 0 Å². The Bertz CT molecular complexity index is 303. The Morgan fingerprint density at radius 1 is 1.35 bits per heavy atom. The van der Waals surface area contributed by atoms with Crippen molar-refractivity contribution in [1.82, 2.24) is 5.43 Å². The number of ether oxygens (including phenoxy) is 1. The van der Waals surface area contributed by atoms with Crippen molar-refractivity contribution in [2.24, 2.45) is 5.84 Å². The van der Waals surface area contributed by atoms with Crippen LogP contribution in [0.5, 0.6) is 0 Å². The molecule has 0 aliphatic rings. The summed E-state index contributed by atoms with van der Waals surface area (Å²) < 4.78 is 5.49. The molecule has 0 aliphatic heterocycles. The smallest absolute Gasteiger partial charge is 0.0641 e. The van der Waals surface area contributed by atoms with E-state index in [1.54, 1.807) is 11.8 Å². The largest absolute Gasteiger partial charge is 0.380 e. The zero-order chi connectivity index (χ0) is 12.5. The lowest BCUT2D eigenvalue weighted by atomic mass is 10.2. The predicted octanol–water partition coefficient (Wildman–Crippen LogP) is 2.35. The van der Waals surface area contributed by atoms with Crippen LogP contribution in [0.3, 0.4) is 0 Å². The van der Waals surface area contributed by atoms with Gasteiger partial charge in [-0.05, 0) is 25.5 Å². The first-order chi connectivity index (χ1) is 8.26. The second-order valence-corrected chi connectivity index (χ2v) is 5.16. The summed E-state index contributed by atoms with van der Waals surface area (Å²) in [5.41, 5.74) is 4.08. The van der Waals surface area contributed by atoms with E-state index in [0.29, 0.717) is 6.61 Å². The molecule has 0 saturated carbocycles. The average Bonchev–Trinajstić information content (AvgIpc) is 2.35. The Morgan fingerprint density at radius 3 is 2.65 bits per heavy atom. The molecule has 1 aromatic carbocycles. The minimum atomic E-state index is 0.202. The molecular weight excluding hydrogens is 232 g/mol. The summed E-state index contributed by atoms with van der Waals surface area (Å²) in [7, 11) is 0. The molecule has 0 heterocycles. The van der Waals surface area contributed by atoms with Crippen LogP contribution < -0.4 is 11.3 Å². The summed E-state index contributed by atoms with van der Waals surface area (Å²) in [4.78, 5) is 1.27. The molecule has 0 aliphatic carbocycles. The molecule has 0 spiro atoms. The van der Waals surface area contributed by atoms with Crippen molar-refractivity contribution in [3.05, 3.63) is 29.8 Å². The molecule has 1 rings (SSSR count). The number of hydrogen-bond acceptors (Lipinski definition) is 4. The summed E-state index contributed by atoms with van der Waals surface area (Å²) in [6.07, 6.45) is 1.04. The van der Waals surface area contributed by atoms with Crippen LogP contribution in [0.15, 0.2) is 29.2 Å². The highest BCUT2D eigenvalue weighted by atomic mass is 32.2. The number of hydrogen-bond donors (Lipinski definition) is 2. The normalized spacial score (nSPS) is 12.6. The van der Waals surface area contributed by atoms with Gasteiger partial charge in [-0.3, -0.25) is 11.3 Å². The van der Waals surface area contributed by atoms with Gasteiger partial charge in [-0.25, -0.2) is 0 Å². The summed E-state index contributed by atoms with van der Waals surface area (Å²) in [6, 6.07) is 8.73. The van der Waals surface area contributed by atoms with E-state index >= 15 is 0 Å². The quantitative estimate of drug-likeness (QED) is 0.323. The molecule has 1 atom stereocenters. The minimum Gasteiger partial charge on any atom is -0.380 e. The molecule has 0 fully saturated rings. The Balaban J connectivity index is 2.29. The van der Waals surface area contributed by atoms with Gasteiger partial charge in [-0.2, -0.15) is 0 Å². The van der Waals surface area contributed by atoms with E-state index in [-0.39, 0.29) is 6.04 Å². The number of aryl methyl sites for hydroxylation is 1. The van der Waals surface area contributed by atoms with Gasteiger partial charge in [0.1, 0.15) is 0 Å². The lowest BCUT2D eigenvalue weighted by Gasteiger charge is -2.15. The number of hydrazine groups is 1. The third-order valence-electron chi connectivity index (χ3n) is 2.38. The first kappa shape index (κ1) is 14.5. The van der Waals surface area contributed by atoms with E-state index in [1.165, 1.54) is 10.5 Å². The number of nitrogens with two attached hydrogens (primary N) is 1. The van der Waals surface area contributed by atoms with Gasteiger partial charge in [0.2, 0.25) is 0 Å². The number of nitrogens with one attached hydrogen (secondary N) is 1. The van der Waals surface area contributed by atoms with Crippen LogP contribution in [0.2, 0.25) is 0 Å². The van der Waals surface area contributed by atoms with Gasteiger partial charge in [0.15, 0.2) is 0 Å². The molecule has 0 radical (unpaired) electrons. The van der Waals surface area contributed by atoms with Gasteiger partial charge in [-0.1, -0.05) is 24.6 Å². The lowest BCUT2D eigenvalue weighted by molar-refractivity contribution is 0.117. The Kier molecular flexibility index (Phi) is 7.28. The van der Waals surface area contributed by atoms with E-state index in [0.717, 1.165) is 18.8 Å². The van der Waals surface area contributed by atoms with Gasteiger partial charge in [0.05, 0.1) is 12.6 Å². The van der Waals surface area contributed by atoms with E-state index in [9.17, 15) is 0 Å². The number of rotatable bonds is 8. The number of benzene rings is 1. The predicted molar refractivity (Wildman–Crippen MR) is 74.1 cm³/mol. The van der Waals surface area contributed by atoms with Crippen molar-refractivity contribution in [3.8, 4) is 0 Å². The van der Waals surface area contributed by atoms with Gasteiger partial charge < -0.3 is 4.74 Å². The van der Waals surface area contributed by atoms with Crippen LogP contribution in [-0.4, -0.2) is 25.0 Å². The Hall–Kier alpha value is -0.550. The lowest BCUT2D eigenvalue weighted by Crippen LogP contribution is -2.40. The second kappa shape index (κ2) is 8.53. The van der Waals surface area contributed by atoms with Gasteiger partial charge in [0.25, 0.3) is 0 Å². The second-order valence-electron chi connectivity index (χ2n) is 4.06. The zero-order valence-electron chi connectivity index (χ0n) is 10.6. The van der Waals surface area contributed by atoms with Crippen molar-refractivity contribution >= 4 is 11.8 Å². The van der Waals surface area contributed by atoms with Crippen LogP contribution >= 0.6 is 11.8 Å². The van der Waals surface area contributed by atoms with Crippen molar-refractivity contribution in [2.45, 2.75) is 31.2 Å². The van der Waals surface area contributed by atoms with Crippen molar-refractivity contribution in [2.75, 3.05) is 19.0 Å². The minimum absolute atomic E-state index is 0.202. The highest BCUT2D eigenvalue weighted by Gasteiger charge is 2.07. The molecule has 1 aromatic rings. The van der Waals surface area contributed by atoms with Crippen molar-refractivity contribution in [1.29, 1.82) is 0 Å². The molecule has 3 nitrogen and oxygen atoms in total. The topological polar surface area (TPSA) is 47.3 Å². The SMILES string of the molecule is CCCOCC(CSc1ccc(C)cc1)NN. The van der Waals surface area contributed by atoms with Crippen molar-refractivity contribution < 1.29 is 4.74 Å². The van der Waals surface area contributed by atoms with Gasteiger partial charge in [0, 0.05) is 17.3 Å². The number of thioether (sulfide) groups is 1. The van der Waals surface area contributed by atoms with Crippen LogP contribution in [-0.2, 0) is 4.74 Å². The van der Waals surface area contributed by atoms with Crippen LogP contribution in [0, 0.1) is 6.92 Å². The summed E-state index contributed by atoms with van der Waals surface area (Å²) >= 11 is 1.80. The Morgan fingerprint density at radius 2 is 2.06 bits per heavy atom. The third kappa shape index (κ3) is 6.07. The van der Waals surface area contributed by atoms with E-state index in [1.807, 2.05) is 0 Å². The molecule has 0 amide bonds. The average molecular weight is 254 g/mol. The Labute approximate surface area is 108 Å². The summed E-state index contributed by atoms with van der Waals surface area (Å²) in [5.74, 6) is 6.42. The highest BCUT2D eigenvalue weighted by molar-refractivity contribution is 7.99. The fourth-order valence-electron chi connectivity index (χ4n) is 1.35. The monoisotopic (exact) mass is 254 g/mol. The molecular formula is C13H22N2OS. The summed E-state index contributed by atoms with van der Waals surface area (Å²) in [5, 5.41) is 0. The van der Waals surface area contributed by atoms with E-state index in [4.69, 9.17) is 10.6 Å². The molecule has 0 saturated heterocycles. The molecule has 1 unspecified atom stereocenters. The molecule has 3 N–H and O–H groups in total. The first-order valence-corrected chi connectivity index (χ1v) is 6.98. The van der Waals surface area contributed by atoms with Crippen LogP contribution in [0.1, 0.15) is 18.9 Å². The maximum atomic E-state index is 5.50. The van der Waals surface area contributed by atoms with E-state index in [2.05, 4.69) is 43.5 Å². The first-order valence-electron chi connectivity index (χ1n) is 5.99. The maximum Gasteiger partial charge on any atom is 0.0641 e. The standard InChI is InChI=1S/C13H22N2OS/c1-3-8-16-9-12(15-14)10-17-13-6-4-11(2)5-7-13/h4-7,12,15H,3,8-10,14H2,1-2H3. The van der Waals surface area contributed by atoms with Crippen LogP contribution in [0.4, 0.5) is 0 Å². The zero-order valence-corrected chi connectivity index (χ0v) is 11.4. The molecule has 0 bridgehead atoms. The molecule has 96 valence electrons. The molecule has 0 aromatic heterocycles. The molecule has 4 heteroatoms. The fraction of sp³-hybridized carbons (Fsp3) is 0.538. The van der Waals surface area contributed by atoms with E-state index < -0.39 is 0 Å². The molecule has 17 heavy (non-hydrogen) atoms. The van der Waals surface area contributed by atoms with Crippen molar-refractivity contribution in [3.63, 3.8) is 0 Å². The van der Waals surface area contributed by atoms with Gasteiger partial charge >= 0.3 is 0 Å². The highest BCUT2D eigenvalue weighted by Crippen LogP contribution is 2.19. The van der Waals surface area contributed by atoms with Gasteiger partial charge in [-0.15, -0.1) is 11.8 Å². The fourth-order valence-corrected chi connectivity index (χ4v) is 2.26. The third-order valence-corrected chi connectivity index (χ3v) is 3.55.